The third-order valence-electron chi connectivity index (χ3n) is 2.99. The van der Waals surface area contributed by atoms with Gasteiger partial charge >= 0.3 is 5.97 Å². The Hall–Kier alpha value is -2.09. The average Bonchev–Trinajstić information content (AvgIpc) is 2.48. The van der Waals surface area contributed by atoms with Crippen LogP contribution in [0.4, 0.5) is 5.69 Å². The van der Waals surface area contributed by atoms with Gasteiger partial charge in [-0.3, -0.25) is 13.9 Å². The van der Waals surface area contributed by atoms with Crippen LogP contribution in [0.5, 0.6) is 0 Å². The first-order valence-electron chi connectivity index (χ1n) is 7.21. The summed E-state index contributed by atoms with van der Waals surface area (Å²) >= 11 is 0. The molecule has 0 heterocycles. The number of anilines is 1. The molecule has 8 heteroatoms. The monoisotopic (exact) mass is 342 g/mol. The van der Waals surface area contributed by atoms with Gasteiger partial charge in [0.2, 0.25) is 10.0 Å². The van der Waals surface area contributed by atoms with Crippen molar-refractivity contribution < 1.29 is 22.7 Å². The van der Waals surface area contributed by atoms with E-state index in [1.54, 1.807) is 31.2 Å². The van der Waals surface area contributed by atoms with E-state index in [0.717, 1.165) is 17.0 Å². The second kappa shape index (κ2) is 8.52. The minimum atomic E-state index is -3.66. The lowest BCUT2D eigenvalue weighted by molar-refractivity contribution is -0.147. The number of nitrogens with zero attached hydrogens (tertiary/aromatic N) is 1. The molecule has 0 saturated heterocycles. The maximum atomic E-state index is 11.9. The topological polar surface area (TPSA) is 92.8 Å². The highest BCUT2D eigenvalue weighted by molar-refractivity contribution is 7.92. The molecule has 23 heavy (non-hydrogen) atoms. The van der Waals surface area contributed by atoms with Gasteiger partial charge in [-0.2, -0.15) is 0 Å². The van der Waals surface area contributed by atoms with Crippen LogP contribution >= 0.6 is 0 Å². The summed E-state index contributed by atoms with van der Waals surface area (Å²) in [7, 11) is -3.66. The van der Waals surface area contributed by atoms with Gasteiger partial charge in [0.05, 0.1) is 11.9 Å². The molecule has 1 aromatic carbocycles. The molecule has 0 unspecified atom stereocenters. The molecule has 1 N–H and O–H groups in total. The minimum Gasteiger partial charge on any atom is -0.454 e. The van der Waals surface area contributed by atoms with Gasteiger partial charge in [-0.15, -0.1) is 0 Å². The fraction of sp³-hybridized carbons (Fsp3) is 0.467. The zero-order valence-corrected chi connectivity index (χ0v) is 14.4. The maximum Gasteiger partial charge on any atom is 0.327 e. The molecule has 0 saturated carbocycles. The lowest BCUT2D eigenvalue weighted by Gasteiger charge is -2.23. The minimum absolute atomic E-state index is 0.405. The summed E-state index contributed by atoms with van der Waals surface area (Å²) in [6.07, 6.45) is 1.79. The molecule has 0 fully saturated rings. The van der Waals surface area contributed by atoms with Crippen molar-refractivity contribution in [3.63, 3.8) is 0 Å². The van der Waals surface area contributed by atoms with Crippen molar-refractivity contribution in [2.45, 2.75) is 20.3 Å². The van der Waals surface area contributed by atoms with E-state index in [1.165, 1.54) is 0 Å². The zero-order valence-electron chi connectivity index (χ0n) is 13.5. The highest BCUT2D eigenvalue weighted by Gasteiger charge is 2.23. The van der Waals surface area contributed by atoms with Gasteiger partial charge in [-0.25, -0.2) is 8.42 Å². The van der Waals surface area contributed by atoms with Crippen molar-refractivity contribution in [1.29, 1.82) is 0 Å². The van der Waals surface area contributed by atoms with Gasteiger partial charge in [0.15, 0.2) is 6.61 Å². The number of carbonyl (C=O) groups is 2. The van der Waals surface area contributed by atoms with Crippen molar-refractivity contribution in [3.05, 3.63) is 29.8 Å². The molecule has 0 aliphatic rings. The van der Waals surface area contributed by atoms with Crippen molar-refractivity contribution >= 4 is 27.6 Å². The third kappa shape index (κ3) is 6.27. The van der Waals surface area contributed by atoms with E-state index in [2.05, 4.69) is 5.32 Å². The van der Waals surface area contributed by atoms with Crippen LogP contribution in [-0.4, -0.2) is 46.2 Å². The van der Waals surface area contributed by atoms with E-state index in [4.69, 9.17) is 4.74 Å². The van der Waals surface area contributed by atoms with Crippen molar-refractivity contribution in [2.75, 3.05) is 30.3 Å². The van der Waals surface area contributed by atoms with E-state index in [-0.39, 0.29) is 0 Å². The number of carbonyl (C=O) groups excluding carboxylic acids is 2. The number of hydrogen-bond acceptors (Lipinski definition) is 5. The Morgan fingerprint density at radius 2 is 1.91 bits per heavy atom. The number of benzene rings is 1. The van der Waals surface area contributed by atoms with E-state index >= 15 is 0 Å². The number of para-hydroxylation sites is 1. The van der Waals surface area contributed by atoms with E-state index in [9.17, 15) is 18.0 Å². The number of esters is 1. The Morgan fingerprint density at radius 3 is 2.48 bits per heavy atom. The van der Waals surface area contributed by atoms with Crippen LogP contribution in [0.15, 0.2) is 24.3 Å². The van der Waals surface area contributed by atoms with Crippen LogP contribution < -0.4 is 9.62 Å². The molecule has 0 atom stereocenters. The lowest BCUT2D eigenvalue weighted by Crippen LogP contribution is -2.37. The van der Waals surface area contributed by atoms with E-state index < -0.39 is 35.1 Å². The standard InChI is InChI=1S/C15H22N2O5S/c1-4-9-16-14(18)11-22-15(19)10-17(23(3,20)21)13-8-6-5-7-12(13)2/h5-8H,4,9-11H2,1-3H3,(H,16,18). The molecule has 0 spiro atoms. The van der Waals surface area contributed by atoms with Gasteiger partial charge in [0.25, 0.3) is 5.91 Å². The molecule has 128 valence electrons. The first-order valence-corrected chi connectivity index (χ1v) is 9.06. The molecule has 0 bridgehead atoms. The summed E-state index contributed by atoms with van der Waals surface area (Å²) in [5.74, 6) is -1.20. The molecule has 1 rings (SSSR count). The third-order valence-corrected chi connectivity index (χ3v) is 4.12. The number of hydrogen-bond donors (Lipinski definition) is 1. The summed E-state index contributed by atoms with van der Waals surface area (Å²) in [5, 5.41) is 2.56. The second-order valence-corrected chi connectivity index (χ2v) is 6.97. The maximum absolute atomic E-state index is 11.9. The number of aryl methyl sites for hydroxylation is 1. The van der Waals surface area contributed by atoms with E-state index in [1.807, 2.05) is 6.92 Å². The van der Waals surface area contributed by atoms with Crippen molar-refractivity contribution in [2.24, 2.45) is 0 Å². The van der Waals surface area contributed by atoms with Crippen LogP contribution in [-0.2, 0) is 24.3 Å². The Kier molecular flexibility index (Phi) is 7.02. The lowest BCUT2D eigenvalue weighted by atomic mass is 10.2. The highest BCUT2D eigenvalue weighted by Crippen LogP contribution is 2.21. The number of amides is 1. The Balaban J connectivity index is 2.75. The van der Waals surface area contributed by atoms with Crippen LogP contribution in [0.1, 0.15) is 18.9 Å². The van der Waals surface area contributed by atoms with Crippen LogP contribution in [0.2, 0.25) is 0 Å². The molecule has 0 aromatic heterocycles. The molecule has 0 radical (unpaired) electrons. The first-order chi connectivity index (χ1) is 10.8. The summed E-state index contributed by atoms with van der Waals surface area (Å²) in [4.78, 5) is 23.2. The normalized spacial score (nSPS) is 10.9. The SMILES string of the molecule is CCCNC(=O)COC(=O)CN(c1ccccc1C)S(C)(=O)=O. The zero-order chi connectivity index (χ0) is 17.5. The van der Waals surface area contributed by atoms with Gasteiger partial charge in [-0.05, 0) is 25.0 Å². The smallest absolute Gasteiger partial charge is 0.327 e. The molecule has 0 aliphatic heterocycles. The van der Waals surface area contributed by atoms with Crippen molar-refractivity contribution in [3.8, 4) is 0 Å². The Bertz CT molecular complexity index is 658. The first kappa shape index (κ1) is 19.0. The molecule has 1 amide bonds. The number of ether oxygens (including phenoxy) is 1. The number of rotatable bonds is 8. The van der Waals surface area contributed by atoms with Crippen LogP contribution in [0.3, 0.4) is 0 Å². The molecule has 1 aromatic rings. The van der Waals surface area contributed by atoms with Gasteiger partial charge in [0, 0.05) is 6.54 Å². The summed E-state index contributed by atoms with van der Waals surface area (Å²) < 4.78 is 29.7. The Labute approximate surface area is 136 Å². The van der Waals surface area contributed by atoms with E-state index in [0.29, 0.717) is 17.8 Å². The average molecular weight is 342 g/mol. The predicted octanol–water partition coefficient (Wildman–Crippen LogP) is 0.830. The number of nitrogens with one attached hydrogen (secondary N) is 1. The molecular weight excluding hydrogens is 320 g/mol. The quantitative estimate of drug-likeness (QED) is 0.707. The predicted molar refractivity (Wildman–Crippen MR) is 87.6 cm³/mol. The largest absolute Gasteiger partial charge is 0.454 e. The number of sulfonamides is 1. The summed E-state index contributed by atoms with van der Waals surface area (Å²) in [6, 6.07) is 6.81. The Morgan fingerprint density at radius 1 is 1.26 bits per heavy atom. The highest BCUT2D eigenvalue weighted by atomic mass is 32.2. The second-order valence-electron chi connectivity index (χ2n) is 5.07. The van der Waals surface area contributed by atoms with Gasteiger partial charge < -0.3 is 10.1 Å². The summed E-state index contributed by atoms with van der Waals surface area (Å²) in [6.45, 7) is 3.24. The van der Waals surface area contributed by atoms with Crippen LogP contribution in [0, 0.1) is 6.92 Å². The fourth-order valence-corrected chi connectivity index (χ4v) is 2.75. The van der Waals surface area contributed by atoms with Gasteiger partial charge in [-0.1, -0.05) is 25.1 Å². The molecule has 7 nitrogen and oxygen atoms in total. The van der Waals surface area contributed by atoms with Gasteiger partial charge in [0.1, 0.15) is 6.54 Å². The molecular formula is C15H22N2O5S. The van der Waals surface area contributed by atoms with Crippen LogP contribution in [0.25, 0.3) is 0 Å². The summed E-state index contributed by atoms with van der Waals surface area (Å²) in [5.41, 5.74) is 1.12. The molecule has 0 aliphatic carbocycles. The van der Waals surface area contributed by atoms with Crippen molar-refractivity contribution in [1.82, 2.24) is 5.32 Å². The fourth-order valence-electron chi connectivity index (χ4n) is 1.85.